The summed E-state index contributed by atoms with van der Waals surface area (Å²) in [4.78, 5) is 12.5. The number of halogens is 1. The molecule has 6 heteroatoms. The smallest absolute Gasteiger partial charge is 0.163 e. The molecule has 1 aromatic carbocycles. The summed E-state index contributed by atoms with van der Waals surface area (Å²) in [5, 5.41) is 3.06. The minimum atomic E-state index is -0.618. The van der Waals surface area contributed by atoms with Crippen LogP contribution in [0.4, 0.5) is 4.39 Å². The first kappa shape index (κ1) is 18.3. The molecule has 20 heavy (non-hydrogen) atoms. The number of rotatable bonds is 6. The van der Waals surface area contributed by atoms with E-state index >= 15 is 0 Å². The second-order valence-electron chi connectivity index (χ2n) is 4.25. The maximum Gasteiger partial charge on any atom is 0.163 e. The fraction of sp³-hybridized carbons (Fsp3) is 0.500. The number of hydrogen-bond donors (Lipinski definition) is 1. The summed E-state index contributed by atoms with van der Waals surface area (Å²) >= 11 is 0. The van der Waals surface area contributed by atoms with Crippen molar-refractivity contribution in [2.45, 2.75) is 0 Å². The molecule has 1 N–H and O–H groups in total. The van der Waals surface area contributed by atoms with Crippen LogP contribution in [0.15, 0.2) is 12.1 Å². The lowest BCUT2D eigenvalue weighted by molar-refractivity contribution is 0.111. The van der Waals surface area contributed by atoms with Crippen molar-refractivity contribution >= 4 is 6.29 Å². The Morgan fingerprint density at radius 2 is 1.80 bits per heavy atom. The van der Waals surface area contributed by atoms with Crippen LogP contribution in [-0.2, 0) is 0 Å². The third kappa shape index (κ3) is 6.49. The number of aldehydes is 1. The molecule has 0 aliphatic carbocycles. The molecule has 0 aromatic heterocycles. The number of nitrogens with zero attached hydrogens (tertiary/aromatic N) is 1. The van der Waals surface area contributed by atoms with E-state index < -0.39 is 5.82 Å². The van der Waals surface area contributed by atoms with Gasteiger partial charge in [-0.1, -0.05) is 0 Å². The minimum Gasteiger partial charge on any atom is -0.493 e. The van der Waals surface area contributed by atoms with Crippen LogP contribution in [0.3, 0.4) is 0 Å². The van der Waals surface area contributed by atoms with Gasteiger partial charge in [0.25, 0.3) is 0 Å². The van der Waals surface area contributed by atoms with E-state index in [1.54, 1.807) is 0 Å². The molecule has 0 atom stereocenters. The number of likely N-dealkylation sites (N-methyl/N-ethyl adjacent to an activating group) is 2. The molecule has 1 rings (SSSR count). The highest BCUT2D eigenvalue weighted by molar-refractivity contribution is 5.76. The second kappa shape index (κ2) is 10.2. The number of carbonyl (C=O) groups is 1. The lowest BCUT2D eigenvalue weighted by Crippen LogP contribution is -2.23. The first-order chi connectivity index (χ1) is 9.49. The molecule has 5 nitrogen and oxygen atoms in total. The Balaban J connectivity index is 0.000000441. The van der Waals surface area contributed by atoms with E-state index in [2.05, 4.69) is 24.3 Å². The summed E-state index contributed by atoms with van der Waals surface area (Å²) < 4.78 is 22.7. The van der Waals surface area contributed by atoms with Crippen LogP contribution in [-0.4, -0.2) is 59.6 Å². The van der Waals surface area contributed by atoms with Gasteiger partial charge in [0, 0.05) is 19.2 Å². The molecule has 0 fully saturated rings. The third-order valence-electron chi connectivity index (χ3n) is 2.44. The van der Waals surface area contributed by atoms with Crippen molar-refractivity contribution in [3.05, 3.63) is 23.5 Å². The third-order valence-corrected chi connectivity index (χ3v) is 2.44. The Hall–Kier alpha value is -1.66. The van der Waals surface area contributed by atoms with E-state index in [1.165, 1.54) is 20.3 Å². The fourth-order valence-electron chi connectivity index (χ4n) is 1.30. The number of benzene rings is 1. The van der Waals surface area contributed by atoms with Crippen LogP contribution in [0.5, 0.6) is 11.5 Å². The van der Waals surface area contributed by atoms with E-state index in [9.17, 15) is 9.18 Å². The van der Waals surface area contributed by atoms with Crippen LogP contribution < -0.4 is 14.8 Å². The molecule has 0 aliphatic rings. The van der Waals surface area contributed by atoms with Crippen LogP contribution in [0.25, 0.3) is 0 Å². The van der Waals surface area contributed by atoms with Gasteiger partial charge in [-0.25, -0.2) is 4.39 Å². The van der Waals surface area contributed by atoms with Gasteiger partial charge in [0.15, 0.2) is 17.8 Å². The molecule has 0 radical (unpaired) electrons. The summed E-state index contributed by atoms with van der Waals surface area (Å²) in [6, 6.07) is 2.41. The Morgan fingerprint density at radius 3 is 2.15 bits per heavy atom. The highest BCUT2D eigenvalue weighted by Crippen LogP contribution is 2.28. The van der Waals surface area contributed by atoms with Gasteiger partial charge in [-0.3, -0.25) is 4.79 Å². The van der Waals surface area contributed by atoms with Crippen molar-refractivity contribution in [3.8, 4) is 11.5 Å². The Bertz CT molecular complexity index is 412. The fourth-order valence-corrected chi connectivity index (χ4v) is 1.30. The number of methoxy groups -OCH3 is 2. The molecule has 114 valence electrons. The zero-order valence-corrected chi connectivity index (χ0v) is 12.7. The quantitative estimate of drug-likeness (QED) is 0.802. The minimum absolute atomic E-state index is 0.0438. The van der Waals surface area contributed by atoms with Gasteiger partial charge in [0.2, 0.25) is 0 Å². The Morgan fingerprint density at radius 1 is 1.25 bits per heavy atom. The second-order valence-corrected chi connectivity index (χ2v) is 4.25. The largest absolute Gasteiger partial charge is 0.493 e. The van der Waals surface area contributed by atoms with Crippen molar-refractivity contribution in [2.24, 2.45) is 0 Å². The van der Waals surface area contributed by atoms with Gasteiger partial charge in [0.05, 0.1) is 19.8 Å². The van der Waals surface area contributed by atoms with Gasteiger partial charge >= 0.3 is 0 Å². The molecule has 0 amide bonds. The van der Waals surface area contributed by atoms with E-state index in [4.69, 9.17) is 9.47 Å². The molecule has 0 bridgehead atoms. The monoisotopic (exact) mass is 286 g/mol. The summed E-state index contributed by atoms with van der Waals surface area (Å²) in [6.45, 7) is 2.20. The summed E-state index contributed by atoms with van der Waals surface area (Å²) in [5.41, 5.74) is -0.0438. The predicted molar refractivity (Wildman–Crippen MR) is 77.4 cm³/mol. The van der Waals surface area contributed by atoms with Gasteiger partial charge in [-0.2, -0.15) is 0 Å². The molecule has 0 saturated heterocycles. The van der Waals surface area contributed by atoms with E-state index in [0.29, 0.717) is 12.0 Å². The van der Waals surface area contributed by atoms with E-state index in [0.717, 1.165) is 19.2 Å². The normalized spacial score (nSPS) is 9.75. The van der Waals surface area contributed by atoms with Crippen molar-refractivity contribution in [2.75, 3.05) is 48.5 Å². The molecule has 0 unspecified atom stereocenters. The maximum atomic E-state index is 13.0. The lowest BCUT2D eigenvalue weighted by Gasteiger charge is -2.07. The highest BCUT2D eigenvalue weighted by atomic mass is 19.1. The van der Waals surface area contributed by atoms with Gasteiger partial charge in [0.1, 0.15) is 5.82 Å². The zero-order chi connectivity index (χ0) is 15.5. The highest BCUT2D eigenvalue weighted by Gasteiger charge is 2.09. The van der Waals surface area contributed by atoms with Crippen molar-refractivity contribution in [3.63, 3.8) is 0 Å². The zero-order valence-electron chi connectivity index (χ0n) is 12.7. The number of ether oxygens (including phenoxy) is 2. The van der Waals surface area contributed by atoms with Gasteiger partial charge < -0.3 is 19.7 Å². The molecular weight excluding hydrogens is 263 g/mol. The topological polar surface area (TPSA) is 50.8 Å². The average Bonchev–Trinajstić information content (AvgIpc) is 2.45. The van der Waals surface area contributed by atoms with Crippen LogP contribution in [0.2, 0.25) is 0 Å². The first-order valence-electron chi connectivity index (χ1n) is 6.16. The Kier molecular flexibility index (Phi) is 9.32. The number of nitrogens with one attached hydrogen (secondary N) is 1. The van der Waals surface area contributed by atoms with Crippen LogP contribution in [0, 0.1) is 5.82 Å². The molecule has 1 aromatic rings. The molecule has 0 aliphatic heterocycles. The number of carbonyl (C=O) groups excluding carboxylic acids is 1. The van der Waals surface area contributed by atoms with E-state index in [1.807, 2.05) is 7.05 Å². The van der Waals surface area contributed by atoms with Crippen molar-refractivity contribution in [1.82, 2.24) is 10.2 Å². The molecule has 0 spiro atoms. The van der Waals surface area contributed by atoms with Crippen molar-refractivity contribution < 1.29 is 18.7 Å². The van der Waals surface area contributed by atoms with Crippen LogP contribution >= 0.6 is 0 Å². The molecular formula is C14H23FN2O3. The summed E-state index contributed by atoms with van der Waals surface area (Å²) in [7, 11) is 8.92. The standard InChI is InChI=1S/C9H9FO3.C5H14N2/c1-12-8-3-6(5-11)7(10)4-9(8)13-2;1-6-4-5-7(2)3/h3-5H,1-2H3;6H,4-5H2,1-3H3. The SMILES string of the molecule is CNCCN(C)C.COc1cc(F)c(C=O)cc1OC. The van der Waals surface area contributed by atoms with Crippen molar-refractivity contribution in [1.29, 1.82) is 0 Å². The van der Waals surface area contributed by atoms with E-state index in [-0.39, 0.29) is 11.3 Å². The van der Waals surface area contributed by atoms with Gasteiger partial charge in [-0.15, -0.1) is 0 Å². The van der Waals surface area contributed by atoms with Gasteiger partial charge in [-0.05, 0) is 27.2 Å². The number of hydrogen-bond acceptors (Lipinski definition) is 5. The van der Waals surface area contributed by atoms with Crippen LogP contribution in [0.1, 0.15) is 10.4 Å². The molecule has 0 heterocycles. The first-order valence-corrected chi connectivity index (χ1v) is 6.16. The molecule has 0 saturated carbocycles. The Labute approximate surface area is 119 Å². The summed E-state index contributed by atoms with van der Waals surface area (Å²) in [6.07, 6.45) is 0.428. The average molecular weight is 286 g/mol. The maximum absolute atomic E-state index is 13.0. The summed E-state index contributed by atoms with van der Waals surface area (Å²) in [5.74, 6) is -0.00995. The predicted octanol–water partition coefficient (Wildman–Crippen LogP) is 1.42. The lowest BCUT2D eigenvalue weighted by atomic mass is 10.2.